The minimum atomic E-state index is -1.38. The predicted molar refractivity (Wildman–Crippen MR) is 73.5 cm³/mol. The van der Waals surface area contributed by atoms with Crippen LogP contribution in [-0.4, -0.2) is 22.5 Å². The fraction of sp³-hybridized carbons (Fsp3) is 0.538. The van der Waals surface area contributed by atoms with Crippen LogP contribution in [0.2, 0.25) is 0 Å². The Morgan fingerprint density at radius 3 is 2.29 bits per heavy atom. The molecule has 0 aliphatic rings. The van der Waals surface area contributed by atoms with Gasteiger partial charge in [-0.3, -0.25) is 0 Å². The molecule has 2 N–H and O–H groups in total. The number of hydrogen-bond acceptors (Lipinski definition) is 3. The maximum Gasteiger partial charge on any atom is 0.423 e. The Morgan fingerprint density at radius 2 is 1.76 bits per heavy atom. The Hall–Kier alpha value is -0.843. The molecule has 0 atom stereocenters. The van der Waals surface area contributed by atoms with E-state index in [1.165, 1.54) is 10.8 Å². The van der Waals surface area contributed by atoms with Gasteiger partial charge in [-0.25, -0.2) is 0 Å². The summed E-state index contributed by atoms with van der Waals surface area (Å²) in [4.78, 5) is 0. The van der Waals surface area contributed by atoms with Crippen LogP contribution < -0.4 is 10.9 Å². The van der Waals surface area contributed by atoms with Gasteiger partial charge in [0.15, 0.2) is 0 Å². The highest BCUT2D eigenvalue weighted by atomic mass is 28.3. The van der Waals surface area contributed by atoms with Gasteiger partial charge in [-0.15, -0.1) is 0 Å². The summed E-state index contributed by atoms with van der Waals surface area (Å²) in [6.07, 6.45) is 2.06. The van der Waals surface area contributed by atoms with E-state index in [2.05, 4.69) is 13.0 Å². The number of nitrogen functional groups attached to an aromatic ring is 1. The molecule has 0 saturated heterocycles. The first-order chi connectivity index (χ1) is 8.24. The average Bonchev–Trinajstić information content (AvgIpc) is 2.32. The lowest BCUT2D eigenvalue weighted by Crippen LogP contribution is -2.39. The molecule has 1 aromatic rings. The van der Waals surface area contributed by atoms with Crippen molar-refractivity contribution < 1.29 is 8.85 Å². The van der Waals surface area contributed by atoms with Gasteiger partial charge in [0.05, 0.1) is 0 Å². The third kappa shape index (κ3) is 3.83. The number of nitrogens with two attached hydrogens (primary N) is 1. The van der Waals surface area contributed by atoms with Crippen LogP contribution in [0, 0.1) is 0 Å². The first kappa shape index (κ1) is 14.2. The molecule has 95 valence electrons. The van der Waals surface area contributed by atoms with Crippen molar-refractivity contribution in [1.29, 1.82) is 0 Å². The fourth-order valence-electron chi connectivity index (χ4n) is 1.78. The van der Waals surface area contributed by atoms with Crippen LogP contribution in [-0.2, 0) is 15.3 Å². The van der Waals surface area contributed by atoms with Gasteiger partial charge >= 0.3 is 9.28 Å². The molecule has 1 rings (SSSR count). The molecule has 0 amide bonds. The van der Waals surface area contributed by atoms with E-state index in [9.17, 15) is 0 Å². The standard InChI is InChI=1S/C13H22NO2Si/c1-4-8-11-12(14)9-7-10-13(11)17(15-5-2)16-6-3/h7,9-10H,4-6,8,14H2,1-3H3. The summed E-state index contributed by atoms with van der Waals surface area (Å²) in [6, 6.07) is 6.01. The SMILES string of the molecule is CCCc1c(N)cccc1[Si](OCC)OCC. The van der Waals surface area contributed by atoms with Crippen LogP contribution in [0.5, 0.6) is 0 Å². The van der Waals surface area contributed by atoms with Crippen LogP contribution in [0.25, 0.3) is 0 Å². The smallest absolute Gasteiger partial charge is 0.399 e. The van der Waals surface area contributed by atoms with Gasteiger partial charge in [0.25, 0.3) is 0 Å². The molecule has 0 saturated carbocycles. The molecule has 0 heterocycles. The molecule has 0 fully saturated rings. The van der Waals surface area contributed by atoms with Crippen molar-refractivity contribution in [2.75, 3.05) is 18.9 Å². The van der Waals surface area contributed by atoms with Crippen molar-refractivity contribution in [2.45, 2.75) is 33.6 Å². The van der Waals surface area contributed by atoms with E-state index in [0.29, 0.717) is 13.2 Å². The predicted octanol–water partition coefficient (Wildman–Crippen LogP) is 1.99. The van der Waals surface area contributed by atoms with E-state index in [4.69, 9.17) is 14.6 Å². The van der Waals surface area contributed by atoms with Crippen molar-refractivity contribution in [2.24, 2.45) is 0 Å². The maximum atomic E-state index is 6.04. The van der Waals surface area contributed by atoms with Crippen molar-refractivity contribution >= 4 is 20.2 Å². The van der Waals surface area contributed by atoms with Gasteiger partial charge in [-0.05, 0) is 31.9 Å². The highest BCUT2D eigenvalue weighted by Gasteiger charge is 2.22. The van der Waals surface area contributed by atoms with Gasteiger partial charge in [0.1, 0.15) is 0 Å². The van der Waals surface area contributed by atoms with Gasteiger partial charge in [-0.2, -0.15) is 0 Å². The third-order valence-corrected chi connectivity index (χ3v) is 4.49. The molecule has 1 radical (unpaired) electrons. The number of hydrogen-bond donors (Lipinski definition) is 1. The normalized spacial score (nSPS) is 11.1. The van der Waals surface area contributed by atoms with Gasteiger partial charge in [0.2, 0.25) is 0 Å². The van der Waals surface area contributed by atoms with E-state index in [0.717, 1.165) is 18.5 Å². The van der Waals surface area contributed by atoms with Crippen molar-refractivity contribution in [3.05, 3.63) is 23.8 Å². The highest BCUT2D eigenvalue weighted by molar-refractivity contribution is 6.62. The molecule has 0 aromatic heterocycles. The quantitative estimate of drug-likeness (QED) is 0.596. The van der Waals surface area contributed by atoms with Crippen LogP contribution in [0.4, 0.5) is 5.69 Å². The van der Waals surface area contributed by atoms with E-state index in [1.807, 2.05) is 26.0 Å². The molecule has 17 heavy (non-hydrogen) atoms. The number of benzene rings is 1. The third-order valence-electron chi connectivity index (χ3n) is 2.48. The summed E-state index contributed by atoms with van der Waals surface area (Å²) in [7, 11) is -1.38. The minimum absolute atomic E-state index is 0.675. The van der Waals surface area contributed by atoms with Crippen LogP contribution in [0.15, 0.2) is 18.2 Å². The lowest BCUT2D eigenvalue weighted by Gasteiger charge is -2.18. The van der Waals surface area contributed by atoms with E-state index < -0.39 is 9.28 Å². The molecule has 4 heteroatoms. The molecule has 0 unspecified atom stereocenters. The van der Waals surface area contributed by atoms with Crippen LogP contribution in [0.3, 0.4) is 0 Å². The molecular weight excluding hydrogens is 230 g/mol. The molecule has 0 aliphatic carbocycles. The van der Waals surface area contributed by atoms with Gasteiger partial charge in [-0.1, -0.05) is 25.5 Å². The summed E-state index contributed by atoms with van der Waals surface area (Å²) in [5, 5.41) is 1.17. The second-order valence-corrected chi connectivity index (χ2v) is 5.47. The first-order valence-electron chi connectivity index (χ1n) is 6.24. The molecule has 0 spiro atoms. The van der Waals surface area contributed by atoms with Gasteiger partial charge in [0, 0.05) is 24.1 Å². The fourth-order valence-corrected chi connectivity index (χ4v) is 3.45. The second kappa shape index (κ2) is 7.48. The molecule has 1 aromatic carbocycles. The second-order valence-electron chi connectivity index (χ2n) is 3.78. The molecule has 0 bridgehead atoms. The molecule has 0 aliphatic heterocycles. The summed E-state index contributed by atoms with van der Waals surface area (Å²) < 4.78 is 11.5. The van der Waals surface area contributed by atoms with Crippen LogP contribution in [0.1, 0.15) is 32.8 Å². The Bertz CT molecular complexity index is 338. The highest BCUT2D eigenvalue weighted by Crippen LogP contribution is 2.12. The van der Waals surface area contributed by atoms with Crippen LogP contribution >= 0.6 is 0 Å². The van der Waals surface area contributed by atoms with Crippen molar-refractivity contribution in [3.8, 4) is 0 Å². The monoisotopic (exact) mass is 252 g/mol. The Labute approximate surface area is 106 Å². The zero-order chi connectivity index (χ0) is 12.7. The largest absolute Gasteiger partial charge is 0.423 e. The van der Waals surface area contributed by atoms with Crippen molar-refractivity contribution in [3.63, 3.8) is 0 Å². The first-order valence-corrected chi connectivity index (χ1v) is 7.56. The zero-order valence-electron chi connectivity index (χ0n) is 11.0. The van der Waals surface area contributed by atoms with Crippen molar-refractivity contribution in [1.82, 2.24) is 0 Å². The summed E-state index contributed by atoms with van der Waals surface area (Å²) in [5.74, 6) is 0. The summed E-state index contributed by atoms with van der Waals surface area (Å²) in [5.41, 5.74) is 8.10. The summed E-state index contributed by atoms with van der Waals surface area (Å²) in [6.45, 7) is 7.50. The molecular formula is C13H22NO2Si. The van der Waals surface area contributed by atoms with E-state index in [1.54, 1.807) is 0 Å². The summed E-state index contributed by atoms with van der Waals surface area (Å²) >= 11 is 0. The lowest BCUT2D eigenvalue weighted by molar-refractivity contribution is 0.225. The number of anilines is 1. The lowest BCUT2D eigenvalue weighted by atomic mass is 10.1. The Balaban J connectivity index is 3.03. The maximum absolute atomic E-state index is 6.04. The Kier molecular flexibility index (Phi) is 6.25. The van der Waals surface area contributed by atoms with E-state index >= 15 is 0 Å². The topological polar surface area (TPSA) is 44.5 Å². The Morgan fingerprint density at radius 1 is 1.12 bits per heavy atom. The molecule has 3 nitrogen and oxygen atoms in total. The van der Waals surface area contributed by atoms with E-state index in [-0.39, 0.29) is 0 Å². The van der Waals surface area contributed by atoms with Gasteiger partial charge < -0.3 is 14.6 Å². The zero-order valence-corrected chi connectivity index (χ0v) is 12.0. The average molecular weight is 252 g/mol. The number of rotatable bonds is 7. The minimum Gasteiger partial charge on any atom is -0.399 e.